The van der Waals surface area contributed by atoms with Gasteiger partial charge in [-0.1, -0.05) is 12.8 Å². The van der Waals surface area contributed by atoms with Gasteiger partial charge in [0.25, 0.3) is 5.69 Å². The molecule has 2 rings (SSSR count). The zero-order chi connectivity index (χ0) is 15.4. The lowest BCUT2D eigenvalue weighted by Gasteiger charge is -2.28. The molecule has 2 atom stereocenters. The van der Waals surface area contributed by atoms with Gasteiger partial charge in [0.2, 0.25) is 0 Å². The fraction of sp³-hybridized carbons (Fsp3) is 0.467. The van der Waals surface area contributed by atoms with Crippen LogP contribution in [0.2, 0.25) is 0 Å². The molecule has 1 aromatic rings. The second-order valence-corrected chi connectivity index (χ2v) is 5.19. The first-order valence-electron chi connectivity index (χ1n) is 6.91. The summed E-state index contributed by atoms with van der Waals surface area (Å²) in [5.41, 5.74) is 0.348. The van der Waals surface area contributed by atoms with Crippen LogP contribution in [0.3, 0.4) is 0 Å². The van der Waals surface area contributed by atoms with Gasteiger partial charge in [-0.2, -0.15) is 0 Å². The predicted octanol–water partition coefficient (Wildman–Crippen LogP) is 2.76. The van der Waals surface area contributed by atoms with E-state index in [9.17, 15) is 19.7 Å². The molecule has 0 bridgehead atoms. The Labute approximate surface area is 122 Å². The Balaban J connectivity index is 2.20. The topological polar surface area (TPSA) is 86.5 Å². The number of non-ortho nitro benzene ring substituents is 1. The SMILES string of the molecule is COC(=O)C1CCCCC1C(=O)c1ccc([N+](=O)[O-])cc1. The Hall–Kier alpha value is -2.24. The molecule has 0 N–H and O–H groups in total. The van der Waals surface area contributed by atoms with Crippen molar-refractivity contribution < 1.29 is 19.2 Å². The molecule has 0 amide bonds. The standard InChI is InChI=1S/C15H17NO5/c1-21-15(18)13-5-3-2-4-12(13)14(17)10-6-8-11(9-7-10)16(19)20/h6-9,12-13H,2-5H2,1H3. The predicted molar refractivity (Wildman–Crippen MR) is 74.9 cm³/mol. The van der Waals surface area contributed by atoms with E-state index in [-0.39, 0.29) is 17.4 Å². The third-order valence-electron chi connectivity index (χ3n) is 3.97. The van der Waals surface area contributed by atoms with E-state index in [2.05, 4.69) is 0 Å². The minimum atomic E-state index is -0.508. The summed E-state index contributed by atoms with van der Waals surface area (Å²) in [6, 6.07) is 5.51. The first-order chi connectivity index (χ1) is 10.0. The second kappa shape index (κ2) is 6.47. The molecule has 21 heavy (non-hydrogen) atoms. The lowest BCUT2D eigenvalue weighted by molar-refractivity contribution is -0.384. The summed E-state index contributed by atoms with van der Waals surface area (Å²) in [7, 11) is 1.32. The van der Waals surface area contributed by atoms with Gasteiger partial charge in [-0.15, -0.1) is 0 Å². The van der Waals surface area contributed by atoms with Crippen molar-refractivity contribution in [2.45, 2.75) is 25.7 Å². The van der Waals surface area contributed by atoms with Gasteiger partial charge in [0.1, 0.15) is 0 Å². The van der Waals surface area contributed by atoms with Crippen LogP contribution in [0.25, 0.3) is 0 Å². The maximum absolute atomic E-state index is 12.5. The molecule has 112 valence electrons. The molecule has 1 aliphatic rings. The van der Waals surface area contributed by atoms with E-state index in [1.54, 1.807) is 0 Å². The van der Waals surface area contributed by atoms with Crippen LogP contribution in [0.5, 0.6) is 0 Å². The maximum atomic E-state index is 12.5. The van der Waals surface area contributed by atoms with Crippen molar-refractivity contribution in [2.24, 2.45) is 11.8 Å². The van der Waals surface area contributed by atoms with Crippen LogP contribution >= 0.6 is 0 Å². The molecule has 0 saturated heterocycles. The van der Waals surface area contributed by atoms with Crippen molar-refractivity contribution in [1.82, 2.24) is 0 Å². The van der Waals surface area contributed by atoms with Crippen molar-refractivity contribution in [3.8, 4) is 0 Å². The number of nitro benzene ring substituents is 1. The Morgan fingerprint density at radius 1 is 1.14 bits per heavy atom. The Bertz CT molecular complexity index is 552. The third-order valence-corrected chi connectivity index (χ3v) is 3.97. The largest absolute Gasteiger partial charge is 0.469 e. The van der Waals surface area contributed by atoms with Crippen molar-refractivity contribution in [3.63, 3.8) is 0 Å². The molecule has 2 unspecified atom stereocenters. The van der Waals surface area contributed by atoms with Crippen LogP contribution in [0.4, 0.5) is 5.69 Å². The number of carbonyl (C=O) groups is 2. The van der Waals surface area contributed by atoms with Gasteiger partial charge >= 0.3 is 5.97 Å². The van der Waals surface area contributed by atoms with Crippen molar-refractivity contribution >= 4 is 17.4 Å². The van der Waals surface area contributed by atoms with E-state index in [1.165, 1.54) is 31.4 Å². The van der Waals surface area contributed by atoms with Crippen LogP contribution in [0.1, 0.15) is 36.0 Å². The highest BCUT2D eigenvalue weighted by Gasteiger charge is 2.36. The summed E-state index contributed by atoms with van der Waals surface area (Å²) in [6.45, 7) is 0. The van der Waals surface area contributed by atoms with Gasteiger partial charge in [0.05, 0.1) is 18.0 Å². The van der Waals surface area contributed by atoms with Crippen LogP contribution in [0, 0.1) is 22.0 Å². The molecule has 6 nitrogen and oxygen atoms in total. The highest BCUT2D eigenvalue weighted by atomic mass is 16.6. The minimum absolute atomic E-state index is 0.0558. The average molecular weight is 291 g/mol. The van der Waals surface area contributed by atoms with Gasteiger partial charge in [-0.25, -0.2) is 0 Å². The molecule has 1 saturated carbocycles. The Morgan fingerprint density at radius 3 is 2.24 bits per heavy atom. The average Bonchev–Trinajstić information content (AvgIpc) is 2.53. The quantitative estimate of drug-likeness (QED) is 0.368. The van der Waals surface area contributed by atoms with E-state index in [4.69, 9.17) is 4.74 Å². The molecule has 0 spiro atoms. The maximum Gasteiger partial charge on any atom is 0.309 e. The van der Waals surface area contributed by atoms with E-state index >= 15 is 0 Å². The van der Waals surface area contributed by atoms with E-state index < -0.39 is 16.8 Å². The monoisotopic (exact) mass is 291 g/mol. The lowest BCUT2D eigenvalue weighted by Crippen LogP contribution is -2.33. The number of esters is 1. The molecular formula is C15H17NO5. The van der Waals surface area contributed by atoms with Gasteiger partial charge in [-0.3, -0.25) is 19.7 Å². The number of nitro groups is 1. The highest BCUT2D eigenvalue weighted by molar-refractivity contribution is 6.00. The summed E-state index contributed by atoms with van der Waals surface area (Å²) in [5.74, 6) is -1.30. The zero-order valence-corrected chi connectivity index (χ0v) is 11.8. The number of benzene rings is 1. The summed E-state index contributed by atoms with van der Waals surface area (Å²) in [6.07, 6.45) is 3.10. The van der Waals surface area contributed by atoms with E-state index in [1.807, 2.05) is 0 Å². The molecular weight excluding hydrogens is 274 g/mol. The number of methoxy groups -OCH3 is 1. The summed E-state index contributed by atoms with van der Waals surface area (Å²) >= 11 is 0. The van der Waals surface area contributed by atoms with Gasteiger partial charge in [-0.05, 0) is 25.0 Å². The minimum Gasteiger partial charge on any atom is -0.469 e. The Kier molecular flexibility index (Phi) is 4.67. The van der Waals surface area contributed by atoms with Crippen LogP contribution in [-0.4, -0.2) is 23.8 Å². The third kappa shape index (κ3) is 3.26. The van der Waals surface area contributed by atoms with Crippen molar-refractivity contribution in [2.75, 3.05) is 7.11 Å². The van der Waals surface area contributed by atoms with Gasteiger partial charge in [0.15, 0.2) is 5.78 Å². The summed E-state index contributed by atoms with van der Waals surface area (Å²) < 4.78 is 4.78. The number of hydrogen-bond donors (Lipinski definition) is 0. The Morgan fingerprint density at radius 2 is 1.71 bits per heavy atom. The first kappa shape index (κ1) is 15.2. The molecule has 0 aromatic heterocycles. The number of ether oxygens (including phenoxy) is 1. The number of carbonyl (C=O) groups excluding carboxylic acids is 2. The molecule has 6 heteroatoms. The van der Waals surface area contributed by atoms with Gasteiger partial charge < -0.3 is 4.74 Å². The number of Topliss-reactive ketones (excluding diaryl/α,β-unsaturated/α-hetero) is 1. The zero-order valence-electron chi connectivity index (χ0n) is 11.8. The fourth-order valence-corrected chi connectivity index (χ4v) is 2.84. The molecule has 0 radical (unpaired) electrons. The first-order valence-corrected chi connectivity index (χ1v) is 6.91. The van der Waals surface area contributed by atoms with Crippen molar-refractivity contribution in [3.05, 3.63) is 39.9 Å². The van der Waals surface area contributed by atoms with Gasteiger partial charge in [0, 0.05) is 23.6 Å². The van der Waals surface area contributed by atoms with E-state index in [0.29, 0.717) is 18.4 Å². The molecule has 0 heterocycles. The molecule has 1 aromatic carbocycles. The highest BCUT2D eigenvalue weighted by Crippen LogP contribution is 2.33. The lowest BCUT2D eigenvalue weighted by atomic mass is 9.75. The van der Waals surface area contributed by atoms with Crippen LogP contribution in [-0.2, 0) is 9.53 Å². The van der Waals surface area contributed by atoms with Crippen LogP contribution in [0.15, 0.2) is 24.3 Å². The van der Waals surface area contributed by atoms with E-state index in [0.717, 1.165) is 12.8 Å². The van der Waals surface area contributed by atoms with Crippen molar-refractivity contribution in [1.29, 1.82) is 0 Å². The smallest absolute Gasteiger partial charge is 0.309 e. The summed E-state index contributed by atoms with van der Waals surface area (Å²) in [5, 5.41) is 10.6. The molecule has 0 aliphatic heterocycles. The number of hydrogen-bond acceptors (Lipinski definition) is 5. The molecule has 1 fully saturated rings. The second-order valence-electron chi connectivity index (χ2n) is 5.19. The number of nitrogens with zero attached hydrogens (tertiary/aromatic N) is 1. The fourth-order valence-electron chi connectivity index (χ4n) is 2.84. The molecule has 1 aliphatic carbocycles. The normalized spacial score (nSPS) is 21.6. The number of rotatable bonds is 4. The van der Waals surface area contributed by atoms with Crippen LogP contribution < -0.4 is 0 Å². The summed E-state index contributed by atoms with van der Waals surface area (Å²) in [4.78, 5) is 34.4. The number of ketones is 1.